The zero-order valence-electron chi connectivity index (χ0n) is 12.5. The highest BCUT2D eigenvalue weighted by Crippen LogP contribution is 2.37. The minimum atomic E-state index is -0.558. The highest BCUT2D eigenvalue weighted by molar-refractivity contribution is 6.26. The van der Waals surface area contributed by atoms with E-state index in [4.69, 9.17) is 16.3 Å². The summed E-state index contributed by atoms with van der Waals surface area (Å²) in [7, 11) is 0. The number of carbonyl (C=O) groups excluding carboxylic acids is 3. The Kier molecular flexibility index (Phi) is 3.09. The minimum Gasteiger partial charge on any atom is -0.453 e. The van der Waals surface area contributed by atoms with Crippen molar-refractivity contribution in [1.29, 1.82) is 0 Å². The Balaban J connectivity index is 1.76. The number of Topliss-reactive ketones (excluding diaryl/α,β-unsaturated/α-hetero) is 2. The van der Waals surface area contributed by atoms with E-state index in [1.165, 1.54) is 0 Å². The third-order valence-electron chi connectivity index (χ3n) is 4.39. The van der Waals surface area contributed by atoms with Crippen LogP contribution in [0.4, 0.5) is 0 Å². The number of esters is 1. The Morgan fingerprint density at radius 2 is 2.04 bits per heavy atom. The van der Waals surface area contributed by atoms with Crippen molar-refractivity contribution in [3.8, 4) is 0 Å². The molecule has 8 heteroatoms. The van der Waals surface area contributed by atoms with Crippen molar-refractivity contribution < 1.29 is 19.1 Å². The molecule has 3 heterocycles. The Morgan fingerprint density at radius 3 is 2.70 bits per heavy atom. The van der Waals surface area contributed by atoms with Crippen molar-refractivity contribution in [2.45, 2.75) is 26.0 Å². The second kappa shape index (κ2) is 4.92. The number of nitrogens with zero attached hydrogens (tertiary/aromatic N) is 3. The van der Waals surface area contributed by atoms with Crippen LogP contribution in [0.25, 0.3) is 0 Å². The van der Waals surface area contributed by atoms with E-state index < -0.39 is 12.1 Å². The molecular weight excluding hydrogens is 322 g/mol. The first-order chi connectivity index (χ1) is 11.0. The highest BCUT2D eigenvalue weighted by atomic mass is 35.5. The molecule has 1 saturated heterocycles. The summed E-state index contributed by atoms with van der Waals surface area (Å²) in [6, 6.07) is 0. The SMILES string of the molecule is CC1=C(N2CC2)C(=O)c2nc3n(c2C1=O)CC[C@@H]3OC(=O)CCl. The van der Waals surface area contributed by atoms with Gasteiger partial charge in [0, 0.05) is 31.6 Å². The van der Waals surface area contributed by atoms with Crippen molar-refractivity contribution in [3.63, 3.8) is 0 Å². The summed E-state index contributed by atoms with van der Waals surface area (Å²) in [5, 5.41) is 0. The molecule has 0 amide bonds. The molecule has 0 aromatic carbocycles. The molecule has 4 rings (SSSR count). The maximum Gasteiger partial charge on any atom is 0.321 e. The summed E-state index contributed by atoms with van der Waals surface area (Å²) >= 11 is 5.46. The van der Waals surface area contributed by atoms with Gasteiger partial charge in [-0.05, 0) is 6.92 Å². The van der Waals surface area contributed by atoms with Crippen LogP contribution in [0.5, 0.6) is 0 Å². The lowest BCUT2D eigenvalue weighted by molar-refractivity contribution is -0.146. The molecular formula is C15H14ClN3O4. The molecule has 0 spiro atoms. The molecule has 3 aliphatic rings. The van der Waals surface area contributed by atoms with Crippen LogP contribution in [-0.4, -0.2) is 51.0 Å². The Hall–Kier alpha value is -2.15. The highest BCUT2D eigenvalue weighted by Gasteiger charge is 2.43. The van der Waals surface area contributed by atoms with Gasteiger partial charge in [0.05, 0.1) is 5.70 Å². The molecule has 1 fully saturated rings. The zero-order chi connectivity index (χ0) is 16.3. The van der Waals surface area contributed by atoms with Gasteiger partial charge in [0.15, 0.2) is 11.9 Å². The van der Waals surface area contributed by atoms with Crippen LogP contribution in [0.3, 0.4) is 0 Å². The number of allylic oxidation sites excluding steroid dienone is 2. The lowest BCUT2D eigenvalue weighted by Crippen LogP contribution is -2.26. The normalized spacial score (nSPS) is 22.3. The summed E-state index contributed by atoms with van der Waals surface area (Å²) in [5.41, 5.74) is 1.40. The van der Waals surface area contributed by atoms with Crippen molar-refractivity contribution in [3.05, 3.63) is 28.5 Å². The summed E-state index contributed by atoms with van der Waals surface area (Å²) in [4.78, 5) is 43.0. The maximum atomic E-state index is 12.7. The van der Waals surface area contributed by atoms with Crippen LogP contribution in [0, 0.1) is 0 Å². The average molecular weight is 336 g/mol. The van der Waals surface area contributed by atoms with Crippen molar-refractivity contribution in [2.24, 2.45) is 0 Å². The zero-order valence-corrected chi connectivity index (χ0v) is 13.2. The van der Waals surface area contributed by atoms with E-state index in [0.29, 0.717) is 35.8 Å². The van der Waals surface area contributed by atoms with Gasteiger partial charge >= 0.3 is 5.97 Å². The van der Waals surface area contributed by atoms with E-state index in [-0.39, 0.29) is 23.1 Å². The molecule has 0 N–H and O–H groups in total. The van der Waals surface area contributed by atoms with Crippen molar-refractivity contribution in [2.75, 3.05) is 19.0 Å². The third kappa shape index (κ3) is 2.03. The first-order valence-corrected chi connectivity index (χ1v) is 7.97. The van der Waals surface area contributed by atoms with E-state index in [1.54, 1.807) is 11.5 Å². The van der Waals surface area contributed by atoms with Gasteiger partial charge in [-0.3, -0.25) is 14.4 Å². The Bertz CT molecular complexity index is 791. The van der Waals surface area contributed by atoms with E-state index in [0.717, 1.165) is 13.1 Å². The molecule has 1 aromatic heterocycles. The van der Waals surface area contributed by atoms with E-state index in [9.17, 15) is 14.4 Å². The number of ketones is 2. The molecule has 0 saturated carbocycles. The van der Waals surface area contributed by atoms with Gasteiger partial charge in [0.25, 0.3) is 0 Å². The minimum absolute atomic E-state index is 0.170. The smallest absolute Gasteiger partial charge is 0.321 e. The number of carbonyl (C=O) groups is 3. The Labute approximate surface area is 136 Å². The standard InChI is InChI=1S/C15H14ClN3O4/c1-7-11(18-4-5-18)14(22)10-12(13(7)21)19-3-2-8(15(19)17-10)23-9(20)6-16/h8H,2-6H2,1H3/t8-/m0/s1. The van der Waals surface area contributed by atoms with Crippen LogP contribution in [0.1, 0.15) is 46.2 Å². The fourth-order valence-electron chi connectivity index (χ4n) is 3.23. The number of rotatable bonds is 3. The fourth-order valence-corrected chi connectivity index (χ4v) is 3.29. The lowest BCUT2D eigenvalue weighted by atomic mass is 9.95. The second-order valence-electron chi connectivity index (χ2n) is 5.84. The number of hydrogen-bond donors (Lipinski definition) is 0. The first kappa shape index (κ1) is 14.4. The fraction of sp³-hybridized carbons (Fsp3) is 0.467. The second-order valence-corrected chi connectivity index (χ2v) is 6.11. The van der Waals surface area contributed by atoms with Gasteiger partial charge < -0.3 is 14.2 Å². The molecule has 2 aliphatic heterocycles. The number of fused-ring (bicyclic) bond motifs is 3. The maximum absolute atomic E-state index is 12.7. The molecule has 1 aliphatic carbocycles. The first-order valence-electron chi connectivity index (χ1n) is 7.44. The van der Waals surface area contributed by atoms with Crippen LogP contribution in [0.2, 0.25) is 0 Å². The molecule has 0 unspecified atom stereocenters. The molecule has 7 nitrogen and oxygen atoms in total. The van der Waals surface area contributed by atoms with Gasteiger partial charge in [0.2, 0.25) is 11.6 Å². The van der Waals surface area contributed by atoms with Gasteiger partial charge in [-0.2, -0.15) is 0 Å². The summed E-state index contributed by atoms with van der Waals surface area (Å²) in [5.74, 6) is -0.726. The molecule has 23 heavy (non-hydrogen) atoms. The molecule has 0 bridgehead atoms. The van der Waals surface area contributed by atoms with Crippen LogP contribution >= 0.6 is 11.6 Å². The number of aromatic nitrogens is 2. The summed E-state index contributed by atoms with van der Waals surface area (Å²) in [6.45, 7) is 3.73. The number of hydrogen-bond acceptors (Lipinski definition) is 6. The summed E-state index contributed by atoms with van der Waals surface area (Å²) < 4.78 is 6.95. The number of halogens is 1. The number of ether oxygens (including phenoxy) is 1. The third-order valence-corrected chi connectivity index (χ3v) is 4.61. The lowest BCUT2D eigenvalue weighted by Gasteiger charge is -2.17. The van der Waals surface area contributed by atoms with E-state index in [1.807, 2.05) is 4.90 Å². The van der Waals surface area contributed by atoms with Gasteiger partial charge in [0.1, 0.15) is 17.3 Å². The number of alkyl halides is 1. The molecule has 120 valence electrons. The van der Waals surface area contributed by atoms with Crippen LogP contribution in [-0.2, 0) is 16.1 Å². The van der Waals surface area contributed by atoms with E-state index in [2.05, 4.69) is 4.98 Å². The van der Waals surface area contributed by atoms with Gasteiger partial charge in [-0.25, -0.2) is 4.98 Å². The van der Waals surface area contributed by atoms with Gasteiger partial charge in [-0.1, -0.05) is 0 Å². The molecule has 1 atom stereocenters. The van der Waals surface area contributed by atoms with Gasteiger partial charge in [-0.15, -0.1) is 11.6 Å². The Morgan fingerprint density at radius 1 is 1.30 bits per heavy atom. The predicted molar refractivity (Wildman–Crippen MR) is 79.3 cm³/mol. The van der Waals surface area contributed by atoms with E-state index >= 15 is 0 Å². The van der Waals surface area contributed by atoms with Crippen molar-refractivity contribution in [1.82, 2.24) is 14.5 Å². The topological polar surface area (TPSA) is 81.3 Å². The van der Waals surface area contributed by atoms with Crippen molar-refractivity contribution >= 4 is 29.1 Å². The monoisotopic (exact) mass is 335 g/mol. The van der Waals surface area contributed by atoms with Crippen LogP contribution < -0.4 is 0 Å². The summed E-state index contributed by atoms with van der Waals surface area (Å²) in [6.07, 6.45) is -0.0287. The van der Waals surface area contributed by atoms with Crippen LogP contribution in [0.15, 0.2) is 11.3 Å². The molecule has 1 aromatic rings. The quantitative estimate of drug-likeness (QED) is 0.467. The number of imidazole rings is 1. The largest absolute Gasteiger partial charge is 0.453 e. The average Bonchev–Trinajstić information content (AvgIpc) is 3.17. The predicted octanol–water partition coefficient (Wildman–Crippen LogP) is 1.08. The molecule has 0 radical (unpaired) electrons.